The van der Waals surface area contributed by atoms with E-state index in [0.29, 0.717) is 28.9 Å². The van der Waals surface area contributed by atoms with E-state index in [4.69, 9.17) is 0 Å². The second-order valence-electron chi connectivity index (χ2n) is 9.68. The Hall–Kier alpha value is -2.90. The molecule has 3 heterocycles. The number of nitrogens with zero attached hydrogens (tertiary/aromatic N) is 3. The highest BCUT2D eigenvalue weighted by atomic mass is 19.2. The van der Waals surface area contributed by atoms with Crippen LogP contribution in [0.1, 0.15) is 49.4 Å². The number of amides is 1. The van der Waals surface area contributed by atoms with Gasteiger partial charge in [0.15, 0.2) is 11.6 Å². The number of carbonyl (C=O) groups is 1. The van der Waals surface area contributed by atoms with E-state index in [0.717, 1.165) is 50.0 Å². The number of hydrogen-bond acceptors (Lipinski definition) is 4. The number of para-hydroxylation sites is 1. The van der Waals surface area contributed by atoms with Gasteiger partial charge < -0.3 is 4.90 Å². The van der Waals surface area contributed by atoms with Crippen molar-refractivity contribution in [2.75, 3.05) is 26.2 Å². The SMILES string of the molecule is CC(NCC1CCCN1C(=O)c1cc(-c2ccc(F)c(F)c2)nc2ccccc12)N1CCCCC1. The molecule has 2 atom stereocenters. The zero-order valence-electron chi connectivity index (χ0n) is 20.1. The monoisotopic (exact) mass is 478 g/mol. The molecule has 3 aromatic rings. The van der Waals surface area contributed by atoms with E-state index in [1.807, 2.05) is 29.2 Å². The molecule has 2 aliphatic rings. The maximum Gasteiger partial charge on any atom is 0.254 e. The van der Waals surface area contributed by atoms with E-state index >= 15 is 0 Å². The Morgan fingerprint density at radius 3 is 2.63 bits per heavy atom. The lowest BCUT2D eigenvalue weighted by molar-refractivity contribution is 0.0722. The van der Waals surface area contributed by atoms with Crippen LogP contribution in [0.3, 0.4) is 0 Å². The molecule has 2 fully saturated rings. The van der Waals surface area contributed by atoms with E-state index in [-0.39, 0.29) is 18.1 Å². The van der Waals surface area contributed by atoms with Gasteiger partial charge in [0.1, 0.15) is 0 Å². The first-order valence-electron chi connectivity index (χ1n) is 12.6. The maximum absolute atomic E-state index is 13.9. The summed E-state index contributed by atoms with van der Waals surface area (Å²) in [5, 5.41) is 4.43. The van der Waals surface area contributed by atoms with Crippen molar-refractivity contribution in [1.29, 1.82) is 0 Å². The maximum atomic E-state index is 13.9. The second kappa shape index (κ2) is 10.4. The molecule has 0 bridgehead atoms. The largest absolute Gasteiger partial charge is 0.334 e. The molecule has 2 unspecified atom stereocenters. The van der Waals surface area contributed by atoms with Gasteiger partial charge in [-0.3, -0.25) is 15.0 Å². The summed E-state index contributed by atoms with van der Waals surface area (Å²) in [6, 6.07) is 13.0. The fourth-order valence-electron chi connectivity index (χ4n) is 5.37. The lowest BCUT2D eigenvalue weighted by Gasteiger charge is -2.34. The molecule has 1 N–H and O–H groups in total. The number of rotatable bonds is 6. The standard InChI is InChI=1S/C28H32F2N4O/c1-19(33-13-5-2-6-14-33)31-18-21-8-7-15-34(21)28(35)23-17-27(20-11-12-24(29)25(30)16-20)32-26-10-4-3-9-22(23)26/h3-4,9-12,16-17,19,21,31H,2,5-8,13-15,18H2,1H3. The van der Waals surface area contributed by atoms with Crippen molar-refractivity contribution >= 4 is 16.8 Å². The van der Waals surface area contributed by atoms with Crippen LogP contribution >= 0.6 is 0 Å². The first-order chi connectivity index (χ1) is 17.0. The third-order valence-corrected chi connectivity index (χ3v) is 7.39. The first kappa shape index (κ1) is 23.8. The minimum absolute atomic E-state index is 0.0395. The Morgan fingerprint density at radius 2 is 1.83 bits per heavy atom. The zero-order valence-corrected chi connectivity index (χ0v) is 20.1. The summed E-state index contributed by atoms with van der Waals surface area (Å²) in [5.74, 6) is -1.88. The predicted octanol–water partition coefficient (Wildman–Crippen LogP) is 5.21. The molecule has 0 aliphatic carbocycles. The average Bonchev–Trinajstić information content (AvgIpc) is 3.37. The number of piperidine rings is 1. The van der Waals surface area contributed by atoms with Gasteiger partial charge in [-0.25, -0.2) is 13.8 Å². The molecule has 35 heavy (non-hydrogen) atoms. The molecule has 2 aliphatic heterocycles. The van der Waals surface area contributed by atoms with Crippen LogP contribution in [-0.2, 0) is 0 Å². The quantitative estimate of drug-likeness (QED) is 0.529. The van der Waals surface area contributed by atoms with Gasteiger partial charge in [-0.1, -0.05) is 24.6 Å². The second-order valence-corrected chi connectivity index (χ2v) is 9.68. The summed E-state index contributed by atoms with van der Waals surface area (Å²) >= 11 is 0. The predicted molar refractivity (Wildman–Crippen MR) is 134 cm³/mol. The molecular formula is C28H32F2N4O. The fraction of sp³-hybridized carbons (Fsp3) is 0.429. The molecular weight excluding hydrogens is 446 g/mol. The van der Waals surface area contributed by atoms with Crippen LogP contribution in [0.5, 0.6) is 0 Å². The number of hydrogen-bond donors (Lipinski definition) is 1. The summed E-state index contributed by atoms with van der Waals surface area (Å²) < 4.78 is 27.4. The van der Waals surface area contributed by atoms with E-state index in [9.17, 15) is 13.6 Å². The highest BCUT2D eigenvalue weighted by molar-refractivity contribution is 6.07. The van der Waals surface area contributed by atoms with Gasteiger partial charge >= 0.3 is 0 Å². The highest BCUT2D eigenvalue weighted by Gasteiger charge is 2.31. The van der Waals surface area contributed by atoms with Crippen LogP contribution in [-0.4, -0.2) is 59.1 Å². The summed E-state index contributed by atoms with van der Waals surface area (Å²) in [4.78, 5) is 22.9. The molecule has 1 aromatic heterocycles. The summed E-state index contributed by atoms with van der Waals surface area (Å²) in [5.41, 5.74) is 2.11. The molecule has 7 heteroatoms. The van der Waals surface area contributed by atoms with Crippen LogP contribution in [0.4, 0.5) is 8.78 Å². The first-order valence-corrected chi connectivity index (χ1v) is 12.6. The number of benzene rings is 2. The normalized spacial score (nSPS) is 19.9. The van der Waals surface area contributed by atoms with Gasteiger partial charge in [0.2, 0.25) is 0 Å². The van der Waals surface area contributed by atoms with Crippen molar-refractivity contribution in [3.05, 3.63) is 65.7 Å². The van der Waals surface area contributed by atoms with Crippen LogP contribution in [0.2, 0.25) is 0 Å². The number of likely N-dealkylation sites (tertiary alicyclic amines) is 2. The minimum Gasteiger partial charge on any atom is -0.334 e. The molecule has 2 saturated heterocycles. The Bertz CT molecular complexity index is 1210. The summed E-state index contributed by atoms with van der Waals surface area (Å²) in [6.07, 6.45) is 6.01. The average molecular weight is 479 g/mol. The van der Waals surface area contributed by atoms with Gasteiger partial charge in [0.25, 0.3) is 5.91 Å². The topological polar surface area (TPSA) is 48.5 Å². The van der Waals surface area contributed by atoms with Gasteiger partial charge in [-0.2, -0.15) is 0 Å². The number of nitrogens with one attached hydrogen (secondary N) is 1. The van der Waals surface area contributed by atoms with Crippen molar-refractivity contribution in [1.82, 2.24) is 20.1 Å². The Morgan fingerprint density at radius 1 is 1.03 bits per heavy atom. The summed E-state index contributed by atoms with van der Waals surface area (Å²) in [6.45, 7) is 5.91. The third kappa shape index (κ3) is 5.07. The van der Waals surface area contributed by atoms with Crippen molar-refractivity contribution in [2.45, 2.75) is 51.2 Å². The number of fused-ring (bicyclic) bond motifs is 1. The summed E-state index contributed by atoms with van der Waals surface area (Å²) in [7, 11) is 0. The molecule has 5 rings (SSSR count). The smallest absolute Gasteiger partial charge is 0.254 e. The molecule has 1 amide bonds. The molecule has 184 valence electrons. The Balaban J connectivity index is 1.40. The van der Waals surface area contributed by atoms with Crippen molar-refractivity contribution in [2.24, 2.45) is 0 Å². The zero-order chi connectivity index (χ0) is 24.4. The van der Waals surface area contributed by atoms with E-state index in [1.54, 1.807) is 6.07 Å². The van der Waals surface area contributed by atoms with Gasteiger partial charge in [0, 0.05) is 30.1 Å². The fourth-order valence-corrected chi connectivity index (χ4v) is 5.37. The number of halogens is 2. The van der Waals surface area contributed by atoms with Crippen LogP contribution < -0.4 is 5.32 Å². The van der Waals surface area contributed by atoms with E-state index < -0.39 is 11.6 Å². The van der Waals surface area contributed by atoms with Gasteiger partial charge in [0.05, 0.1) is 22.9 Å². The van der Waals surface area contributed by atoms with Crippen molar-refractivity contribution in [3.8, 4) is 11.3 Å². The molecule has 0 radical (unpaired) electrons. The molecule has 2 aromatic carbocycles. The van der Waals surface area contributed by atoms with E-state index in [1.165, 1.54) is 25.3 Å². The highest BCUT2D eigenvalue weighted by Crippen LogP contribution is 2.29. The van der Waals surface area contributed by atoms with Gasteiger partial charge in [-0.15, -0.1) is 0 Å². The Labute approximate surface area is 205 Å². The molecule has 0 spiro atoms. The lowest BCUT2D eigenvalue weighted by atomic mass is 10.0. The number of carbonyl (C=O) groups excluding carboxylic acids is 1. The van der Waals surface area contributed by atoms with Gasteiger partial charge in [-0.05, 0) is 76.0 Å². The third-order valence-electron chi connectivity index (χ3n) is 7.39. The van der Waals surface area contributed by atoms with Crippen molar-refractivity contribution < 1.29 is 13.6 Å². The molecule has 0 saturated carbocycles. The lowest BCUT2D eigenvalue weighted by Crippen LogP contribution is -2.50. The number of pyridine rings is 1. The molecule has 5 nitrogen and oxygen atoms in total. The van der Waals surface area contributed by atoms with Crippen LogP contribution in [0, 0.1) is 11.6 Å². The Kier molecular flexibility index (Phi) is 7.07. The van der Waals surface area contributed by atoms with Crippen molar-refractivity contribution in [3.63, 3.8) is 0 Å². The van der Waals surface area contributed by atoms with Crippen LogP contribution in [0.15, 0.2) is 48.5 Å². The minimum atomic E-state index is -0.932. The number of aromatic nitrogens is 1. The van der Waals surface area contributed by atoms with Crippen LogP contribution in [0.25, 0.3) is 22.2 Å². The van der Waals surface area contributed by atoms with E-state index in [2.05, 4.69) is 22.1 Å².